The van der Waals surface area contributed by atoms with E-state index >= 15 is 0 Å². The molecular formula is C14H15Br2N3O4. The number of imidazole rings is 1. The largest absolute Gasteiger partial charge is 0.394 e. The molecular weight excluding hydrogens is 434 g/mol. The first-order valence-electron chi connectivity index (χ1n) is 7.20. The molecule has 4 heterocycles. The van der Waals surface area contributed by atoms with E-state index in [1.165, 1.54) is 0 Å². The van der Waals surface area contributed by atoms with E-state index in [1.807, 2.05) is 24.5 Å². The zero-order chi connectivity index (χ0) is 16.4. The molecule has 2 aromatic heterocycles. The Hall–Kier alpha value is -0.580. The lowest BCUT2D eigenvalue weighted by Gasteiger charge is -2.24. The van der Waals surface area contributed by atoms with Gasteiger partial charge in [0, 0.05) is 4.47 Å². The molecule has 0 aliphatic carbocycles. The van der Waals surface area contributed by atoms with Gasteiger partial charge in [0.25, 0.3) is 0 Å². The van der Waals surface area contributed by atoms with Crippen LogP contribution in [0.1, 0.15) is 20.1 Å². The zero-order valence-electron chi connectivity index (χ0n) is 12.4. The molecule has 2 saturated heterocycles. The van der Waals surface area contributed by atoms with Gasteiger partial charge in [0.05, 0.1) is 12.9 Å². The van der Waals surface area contributed by atoms with Crippen LogP contribution in [0.5, 0.6) is 0 Å². The van der Waals surface area contributed by atoms with Crippen molar-refractivity contribution in [2.45, 2.75) is 44.2 Å². The first kappa shape index (κ1) is 15.9. The van der Waals surface area contributed by atoms with Gasteiger partial charge in [-0.1, -0.05) is 0 Å². The molecule has 23 heavy (non-hydrogen) atoms. The van der Waals surface area contributed by atoms with Gasteiger partial charge in [-0.05, 0) is 51.8 Å². The molecule has 7 nitrogen and oxygen atoms in total. The zero-order valence-corrected chi connectivity index (χ0v) is 15.6. The van der Waals surface area contributed by atoms with Gasteiger partial charge in [-0.25, -0.2) is 9.97 Å². The normalized spacial score (nSPS) is 32.6. The van der Waals surface area contributed by atoms with E-state index in [-0.39, 0.29) is 18.8 Å². The Labute approximate surface area is 149 Å². The summed E-state index contributed by atoms with van der Waals surface area (Å²) in [6.07, 6.45) is 0.106. The molecule has 0 spiro atoms. The van der Waals surface area contributed by atoms with Crippen LogP contribution in [0.3, 0.4) is 0 Å². The lowest BCUT2D eigenvalue weighted by molar-refractivity contribution is -0.199. The van der Waals surface area contributed by atoms with Crippen molar-refractivity contribution < 1.29 is 19.3 Å². The fraction of sp³-hybridized carbons (Fsp3) is 0.571. The van der Waals surface area contributed by atoms with E-state index in [0.717, 1.165) is 9.99 Å². The molecule has 0 unspecified atom stereocenters. The van der Waals surface area contributed by atoms with Crippen molar-refractivity contribution in [1.82, 2.24) is 14.5 Å². The minimum absolute atomic E-state index is 0.134. The molecule has 124 valence electrons. The molecule has 2 aliphatic heterocycles. The second-order valence-corrected chi connectivity index (χ2v) is 7.73. The highest BCUT2D eigenvalue weighted by atomic mass is 79.9. The molecule has 2 aromatic rings. The number of fused-ring (bicyclic) bond motifs is 2. The predicted octanol–water partition coefficient (Wildman–Crippen LogP) is 2.37. The number of pyridine rings is 1. The fourth-order valence-electron chi connectivity index (χ4n) is 3.16. The van der Waals surface area contributed by atoms with Crippen LogP contribution < -0.4 is 0 Å². The van der Waals surface area contributed by atoms with E-state index in [4.69, 9.17) is 14.2 Å². The third-order valence-electron chi connectivity index (χ3n) is 4.03. The second-order valence-electron chi connectivity index (χ2n) is 6.06. The van der Waals surface area contributed by atoms with Gasteiger partial charge in [0.15, 0.2) is 17.7 Å². The van der Waals surface area contributed by atoms with Crippen molar-refractivity contribution in [3.8, 4) is 0 Å². The van der Waals surface area contributed by atoms with Crippen molar-refractivity contribution >= 4 is 43.0 Å². The molecule has 2 aliphatic rings. The molecule has 0 bridgehead atoms. The minimum atomic E-state index is -0.713. The summed E-state index contributed by atoms with van der Waals surface area (Å²) in [6.45, 7) is 3.58. The summed E-state index contributed by atoms with van der Waals surface area (Å²) in [5.74, 6) is -0.713. The summed E-state index contributed by atoms with van der Waals surface area (Å²) in [6, 6.07) is 1.84. The highest BCUT2D eigenvalue weighted by Crippen LogP contribution is 2.43. The minimum Gasteiger partial charge on any atom is -0.394 e. The van der Waals surface area contributed by atoms with Crippen LogP contribution in [0, 0.1) is 0 Å². The Balaban J connectivity index is 1.79. The molecule has 0 aromatic carbocycles. The fourth-order valence-corrected chi connectivity index (χ4v) is 4.36. The average molecular weight is 449 g/mol. The highest BCUT2D eigenvalue weighted by molar-refractivity contribution is 9.11. The van der Waals surface area contributed by atoms with Crippen molar-refractivity contribution in [2.24, 2.45) is 0 Å². The Bertz CT molecular complexity index is 766. The SMILES string of the molecule is CC1(C)O[C@@H]2[C@H](O1)[C@@H](CO)O[C@H]2n1cnc2c(Br)cc(Br)nc21. The number of ether oxygens (including phenoxy) is 3. The Kier molecular flexibility index (Phi) is 3.78. The highest BCUT2D eigenvalue weighted by Gasteiger charge is 2.55. The van der Waals surface area contributed by atoms with Gasteiger partial charge < -0.3 is 19.3 Å². The van der Waals surface area contributed by atoms with E-state index in [2.05, 4.69) is 41.8 Å². The molecule has 9 heteroatoms. The van der Waals surface area contributed by atoms with Crippen LogP contribution in [0.15, 0.2) is 21.5 Å². The molecule has 4 atom stereocenters. The summed E-state index contributed by atoms with van der Waals surface area (Å²) >= 11 is 6.88. The third-order valence-corrected chi connectivity index (χ3v) is 5.04. The van der Waals surface area contributed by atoms with Crippen LogP contribution in [-0.2, 0) is 14.2 Å². The molecule has 0 radical (unpaired) electrons. The van der Waals surface area contributed by atoms with Crippen molar-refractivity contribution in [2.75, 3.05) is 6.61 Å². The molecule has 1 N–H and O–H groups in total. The van der Waals surface area contributed by atoms with E-state index in [1.54, 1.807) is 6.33 Å². The summed E-state index contributed by atoms with van der Waals surface area (Å²) in [4.78, 5) is 8.89. The first-order valence-corrected chi connectivity index (χ1v) is 8.79. The van der Waals surface area contributed by atoms with Crippen LogP contribution in [-0.4, -0.2) is 50.3 Å². The van der Waals surface area contributed by atoms with Gasteiger partial charge in [0.2, 0.25) is 0 Å². The van der Waals surface area contributed by atoms with E-state index in [0.29, 0.717) is 10.3 Å². The van der Waals surface area contributed by atoms with Crippen LogP contribution in [0.4, 0.5) is 0 Å². The monoisotopic (exact) mass is 447 g/mol. The van der Waals surface area contributed by atoms with Crippen molar-refractivity contribution in [3.63, 3.8) is 0 Å². The molecule has 0 amide bonds. The van der Waals surface area contributed by atoms with E-state index < -0.39 is 18.1 Å². The van der Waals surface area contributed by atoms with Crippen molar-refractivity contribution in [1.29, 1.82) is 0 Å². The maximum absolute atomic E-state index is 9.58. The van der Waals surface area contributed by atoms with Gasteiger partial charge in [-0.15, -0.1) is 0 Å². The van der Waals surface area contributed by atoms with E-state index in [9.17, 15) is 5.11 Å². The quantitative estimate of drug-likeness (QED) is 0.710. The standard InChI is InChI=1S/C14H15Br2N3O4/c1-14(2)22-10-7(4-20)21-13(11(10)23-14)19-5-17-9-6(15)3-8(16)18-12(9)19/h3,5,7,10-11,13,20H,4H2,1-2H3/t7-,10-,11-,13-/m1/s1. The number of hydrogen-bond donors (Lipinski definition) is 1. The number of halogens is 2. The maximum Gasteiger partial charge on any atom is 0.166 e. The summed E-state index contributed by atoms with van der Waals surface area (Å²) in [5, 5.41) is 9.58. The number of nitrogens with zero attached hydrogens (tertiary/aromatic N) is 3. The predicted molar refractivity (Wildman–Crippen MR) is 87.7 cm³/mol. The number of aliphatic hydroxyl groups is 1. The van der Waals surface area contributed by atoms with Crippen LogP contribution in [0.25, 0.3) is 11.2 Å². The number of hydrogen-bond acceptors (Lipinski definition) is 6. The van der Waals surface area contributed by atoms with Crippen LogP contribution in [0.2, 0.25) is 0 Å². The lowest BCUT2D eigenvalue weighted by Crippen LogP contribution is -2.31. The van der Waals surface area contributed by atoms with Crippen LogP contribution >= 0.6 is 31.9 Å². The van der Waals surface area contributed by atoms with Gasteiger partial charge in [-0.2, -0.15) is 0 Å². The summed E-state index contributed by atoms with van der Waals surface area (Å²) in [5.41, 5.74) is 1.40. The number of aromatic nitrogens is 3. The smallest absolute Gasteiger partial charge is 0.166 e. The summed E-state index contributed by atoms with van der Waals surface area (Å²) in [7, 11) is 0. The van der Waals surface area contributed by atoms with Gasteiger partial charge >= 0.3 is 0 Å². The Morgan fingerprint density at radius 3 is 2.78 bits per heavy atom. The molecule has 4 rings (SSSR count). The lowest BCUT2D eigenvalue weighted by atomic mass is 10.1. The average Bonchev–Trinajstić information content (AvgIpc) is 3.09. The maximum atomic E-state index is 9.58. The summed E-state index contributed by atoms with van der Waals surface area (Å²) < 4.78 is 21.2. The third kappa shape index (κ3) is 2.54. The first-order chi connectivity index (χ1) is 10.9. The Morgan fingerprint density at radius 2 is 2.04 bits per heavy atom. The number of aliphatic hydroxyl groups excluding tert-OH is 1. The van der Waals surface area contributed by atoms with Gasteiger partial charge in [0.1, 0.15) is 28.4 Å². The number of rotatable bonds is 2. The topological polar surface area (TPSA) is 78.6 Å². The van der Waals surface area contributed by atoms with Crippen molar-refractivity contribution in [3.05, 3.63) is 21.5 Å². The van der Waals surface area contributed by atoms with Gasteiger partial charge in [-0.3, -0.25) is 4.57 Å². The Morgan fingerprint density at radius 1 is 1.30 bits per heavy atom. The second kappa shape index (κ2) is 5.47. The molecule has 2 fully saturated rings. The molecule has 0 saturated carbocycles.